The summed E-state index contributed by atoms with van der Waals surface area (Å²) < 4.78 is 54.9. The fourth-order valence-electron chi connectivity index (χ4n) is 3.19. The molecule has 0 aliphatic carbocycles. The third kappa shape index (κ3) is 4.38. The normalized spacial score (nSPS) is 11.5. The monoisotopic (exact) mass is 471 g/mol. The van der Waals surface area contributed by atoms with Crippen LogP contribution in [-0.4, -0.2) is 30.4 Å². The van der Waals surface area contributed by atoms with Crippen LogP contribution < -0.4 is 19.8 Å². The number of aryl methyl sites for hydroxylation is 1. The van der Waals surface area contributed by atoms with E-state index >= 15 is 4.39 Å². The van der Waals surface area contributed by atoms with E-state index in [9.17, 15) is 13.2 Å². The number of rotatable bonds is 6. The number of ether oxygens (including phenoxy) is 1. The summed E-state index contributed by atoms with van der Waals surface area (Å²) in [5.74, 6) is -1.09. The molecule has 170 valence electrons. The molecule has 4 rings (SSSR count). The first-order valence-electron chi connectivity index (χ1n) is 9.59. The largest absolute Gasteiger partial charge is 0.422 e. The maximum Gasteiger partial charge on any atom is 0.339 e. The Hall–Kier alpha value is -3.90. The number of anilines is 1. The first kappa shape index (κ1) is 22.3. The summed E-state index contributed by atoms with van der Waals surface area (Å²) >= 11 is 0. The molecule has 1 aromatic carbocycles. The molecular weight excluding hydrogens is 453 g/mol. The van der Waals surface area contributed by atoms with Gasteiger partial charge in [0.05, 0.1) is 0 Å². The van der Waals surface area contributed by atoms with E-state index < -0.39 is 21.7 Å². The predicted octanol–water partition coefficient (Wildman–Crippen LogP) is 3.07. The molecule has 0 saturated heterocycles. The van der Waals surface area contributed by atoms with Crippen LogP contribution in [0.15, 0.2) is 52.1 Å². The molecular formula is C21H18FN5O5S. The molecule has 0 unspecified atom stereocenters. The quantitative estimate of drug-likeness (QED) is 0.410. The van der Waals surface area contributed by atoms with Crippen molar-refractivity contribution >= 4 is 27.0 Å². The second kappa shape index (κ2) is 8.56. The number of pyridine rings is 1. The Kier molecular flexibility index (Phi) is 5.78. The number of hydrogen-bond acceptors (Lipinski definition) is 8. The first-order valence-corrected chi connectivity index (χ1v) is 11.1. The second-order valence-corrected chi connectivity index (χ2v) is 8.57. The molecule has 0 aliphatic heterocycles. The van der Waals surface area contributed by atoms with E-state index in [1.54, 1.807) is 19.9 Å². The van der Waals surface area contributed by atoms with E-state index in [4.69, 9.17) is 9.15 Å². The van der Waals surface area contributed by atoms with Crippen LogP contribution in [0.2, 0.25) is 0 Å². The van der Waals surface area contributed by atoms with Gasteiger partial charge in [0.2, 0.25) is 0 Å². The third-order valence-electron chi connectivity index (χ3n) is 4.94. The number of nitrogens with one attached hydrogen (secondary N) is 2. The lowest BCUT2D eigenvalue weighted by Gasteiger charge is -2.15. The zero-order valence-electron chi connectivity index (χ0n) is 17.7. The van der Waals surface area contributed by atoms with E-state index in [0.29, 0.717) is 16.5 Å². The van der Waals surface area contributed by atoms with Crippen LogP contribution in [0.5, 0.6) is 11.8 Å². The van der Waals surface area contributed by atoms with Crippen molar-refractivity contribution in [1.29, 1.82) is 0 Å². The Morgan fingerprint density at radius 1 is 1.06 bits per heavy atom. The van der Waals surface area contributed by atoms with Crippen molar-refractivity contribution in [3.63, 3.8) is 0 Å². The van der Waals surface area contributed by atoms with Gasteiger partial charge in [-0.2, -0.15) is 8.42 Å². The Morgan fingerprint density at radius 2 is 1.79 bits per heavy atom. The molecule has 0 radical (unpaired) electrons. The summed E-state index contributed by atoms with van der Waals surface area (Å²) in [6.07, 6.45) is 4.18. The molecule has 12 heteroatoms. The summed E-state index contributed by atoms with van der Waals surface area (Å²) in [6.45, 7) is 3.24. The van der Waals surface area contributed by atoms with E-state index in [1.165, 1.54) is 43.8 Å². The molecule has 0 amide bonds. The van der Waals surface area contributed by atoms with Crippen LogP contribution in [0.4, 0.5) is 10.2 Å². The average molecular weight is 471 g/mol. The van der Waals surface area contributed by atoms with Crippen molar-refractivity contribution in [3.05, 3.63) is 70.2 Å². The lowest BCUT2D eigenvalue weighted by molar-refractivity contribution is 0.411. The highest BCUT2D eigenvalue weighted by atomic mass is 32.2. The fraction of sp³-hybridized carbons (Fsp3) is 0.143. The van der Waals surface area contributed by atoms with E-state index in [1.807, 2.05) is 0 Å². The molecule has 4 aromatic rings. The van der Waals surface area contributed by atoms with Gasteiger partial charge >= 0.3 is 11.6 Å². The van der Waals surface area contributed by atoms with E-state index in [-0.39, 0.29) is 34.3 Å². The van der Waals surface area contributed by atoms with Crippen molar-refractivity contribution in [1.82, 2.24) is 19.7 Å². The number of benzene rings is 1. The summed E-state index contributed by atoms with van der Waals surface area (Å²) in [4.78, 5) is 24.1. The molecule has 2 N–H and O–H groups in total. The molecule has 3 aromatic heterocycles. The minimum atomic E-state index is -3.85. The van der Waals surface area contributed by atoms with Crippen LogP contribution in [0.25, 0.3) is 22.1 Å². The van der Waals surface area contributed by atoms with Gasteiger partial charge in [-0.3, -0.25) is 4.72 Å². The Balaban J connectivity index is 1.99. The topological polar surface area (TPSA) is 136 Å². The second-order valence-electron chi connectivity index (χ2n) is 6.95. The van der Waals surface area contributed by atoms with Crippen LogP contribution in [0.3, 0.4) is 0 Å². The molecule has 3 heterocycles. The van der Waals surface area contributed by atoms with Gasteiger partial charge < -0.3 is 9.15 Å². The zero-order valence-corrected chi connectivity index (χ0v) is 18.5. The highest BCUT2D eigenvalue weighted by molar-refractivity contribution is 7.90. The number of fused-ring (bicyclic) bond motifs is 1. The predicted molar refractivity (Wildman–Crippen MR) is 119 cm³/mol. The molecule has 0 atom stereocenters. The fourth-order valence-corrected chi connectivity index (χ4v) is 3.68. The van der Waals surface area contributed by atoms with Gasteiger partial charge in [-0.1, -0.05) is 0 Å². The van der Waals surface area contributed by atoms with Crippen LogP contribution in [-0.2, 0) is 10.2 Å². The summed E-state index contributed by atoms with van der Waals surface area (Å²) in [6, 6.07) is 5.58. The summed E-state index contributed by atoms with van der Waals surface area (Å²) in [5.41, 5.74) is 0.642. The molecule has 0 spiro atoms. The van der Waals surface area contributed by atoms with Gasteiger partial charge in [-0.25, -0.2) is 28.9 Å². The standard InChI is InChI=1S/C21H18FN5O5S/c1-11-12(2)20(28)31-14-10-15(32-21-25-6-4-7-26-21)19(22)18(17(11)14)13-5-8-24-16(9-13)27-33(29,30)23-3/h4-10,23H,1-3H3,(H,24,27). The van der Waals surface area contributed by atoms with E-state index in [2.05, 4.69) is 24.4 Å². The van der Waals surface area contributed by atoms with Gasteiger partial charge in [-0.05, 0) is 43.2 Å². The van der Waals surface area contributed by atoms with E-state index in [0.717, 1.165) is 0 Å². The molecule has 0 bridgehead atoms. The highest BCUT2D eigenvalue weighted by Gasteiger charge is 2.23. The smallest absolute Gasteiger partial charge is 0.339 e. The summed E-state index contributed by atoms with van der Waals surface area (Å²) in [7, 11) is -2.61. The maximum atomic E-state index is 15.9. The van der Waals surface area contributed by atoms with Crippen molar-refractivity contribution in [2.24, 2.45) is 0 Å². The summed E-state index contributed by atoms with van der Waals surface area (Å²) in [5, 5.41) is 0.333. The Labute approximate surface area is 187 Å². The van der Waals surface area contributed by atoms with Gasteiger partial charge in [0.1, 0.15) is 11.4 Å². The van der Waals surface area contributed by atoms with Gasteiger partial charge in [0.25, 0.3) is 10.2 Å². The minimum absolute atomic E-state index is 0.0371. The van der Waals surface area contributed by atoms with Crippen molar-refractivity contribution in [2.45, 2.75) is 13.8 Å². The molecule has 33 heavy (non-hydrogen) atoms. The molecule has 0 aliphatic rings. The number of hydrogen-bond donors (Lipinski definition) is 2. The van der Waals surface area contributed by atoms with Gasteiger partial charge in [0, 0.05) is 48.2 Å². The number of aromatic nitrogens is 3. The first-order chi connectivity index (χ1) is 15.7. The molecule has 10 nitrogen and oxygen atoms in total. The van der Waals surface area contributed by atoms with Crippen molar-refractivity contribution in [3.8, 4) is 22.9 Å². The number of nitrogens with zero attached hydrogens (tertiary/aromatic N) is 3. The van der Waals surface area contributed by atoms with Crippen LogP contribution >= 0.6 is 0 Å². The zero-order chi connectivity index (χ0) is 23.8. The van der Waals surface area contributed by atoms with Crippen molar-refractivity contribution < 1.29 is 22.0 Å². The Morgan fingerprint density at radius 3 is 2.48 bits per heavy atom. The Bertz CT molecular complexity index is 1520. The lowest BCUT2D eigenvalue weighted by Crippen LogP contribution is -2.26. The van der Waals surface area contributed by atoms with Crippen LogP contribution in [0, 0.1) is 19.7 Å². The van der Waals surface area contributed by atoms with Gasteiger partial charge in [-0.15, -0.1) is 0 Å². The number of halogens is 1. The average Bonchev–Trinajstić information content (AvgIpc) is 2.79. The lowest BCUT2D eigenvalue weighted by atomic mass is 9.96. The maximum absolute atomic E-state index is 15.9. The highest BCUT2D eigenvalue weighted by Crippen LogP contribution is 2.40. The molecule has 0 saturated carbocycles. The SMILES string of the molecule is CNS(=O)(=O)Nc1cc(-c2c(F)c(Oc3ncccn3)cc3oc(=O)c(C)c(C)c23)ccn1. The minimum Gasteiger partial charge on any atom is -0.422 e. The van der Waals surface area contributed by atoms with Gasteiger partial charge in [0.15, 0.2) is 11.6 Å². The third-order valence-corrected chi connectivity index (χ3v) is 5.96. The molecule has 0 fully saturated rings. The van der Waals surface area contributed by atoms with Crippen LogP contribution in [0.1, 0.15) is 11.1 Å². The van der Waals surface area contributed by atoms with Crippen molar-refractivity contribution in [2.75, 3.05) is 11.8 Å².